The number of aliphatic hydroxyl groups is 2. The number of carbonyl (C=O) groups excluding carboxylic acids is 2. The number of aliphatic hydroxyl groups excluding tert-OH is 1. The summed E-state index contributed by atoms with van der Waals surface area (Å²) in [5.41, 5.74) is 0.333. The predicted octanol–water partition coefficient (Wildman–Crippen LogP) is 6.40. The minimum Gasteiger partial charge on any atom is -0.496 e. The molecule has 1 spiro atoms. The summed E-state index contributed by atoms with van der Waals surface area (Å²) >= 11 is 0. The molecule has 1 aliphatic carbocycles. The van der Waals surface area contributed by atoms with Crippen molar-refractivity contribution < 1.29 is 48.2 Å². The minimum atomic E-state index is -1.83. The van der Waals surface area contributed by atoms with Crippen LogP contribution >= 0.6 is 0 Å². The molecule has 6 rings (SSSR count). The first-order chi connectivity index (χ1) is 24.8. The van der Waals surface area contributed by atoms with Crippen LogP contribution in [0.4, 0.5) is 0 Å². The van der Waals surface area contributed by atoms with Crippen LogP contribution < -0.4 is 4.74 Å². The van der Waals surface area contributed by atoms with Crippen molar-refractivity contribution in [2.24, 2.45) is 23.7 Å². The van der Waals surface area contributed by atoms with Crippen LogP contribution in [0, 0.1) is 23.7 Å². The average molecular weight is 721 g/mol. The summed E-state index contributed by atoms with van der Waals surface area (Å²) in [7, 11) is 1.52. The lowest BCUT2D eigenvalue weighted by atomic mass is 9.71. The van der Waals surface area contributed by atoms with Crippen LogP contribution in [0.3, 0.4) is 0 Å². The molecule has 4 aliphatic heterocycles. The van der Waals surface area contributed by atoms with Gasteiger partial charge in [0.2, 0.25) is 0 Å². The van der Waals surface area contributed by atoms with Crippen molar-refractivity contribution in [3.8, 4) is 5.75 Å². The number of esters is 2. The molecule has 2 bridgehead atoms. The Bertz CT molecular complexity index is 1610. The lowest BCUT2D eigenvalue weighted by Crippen LogP contribution is -2.58. The first-order valence-electron chi connectivity index (χ1n) is 18.9. The van der Waals surface area contributed by atoms with Crippen LogP contribution in [0.15, 0.2) is 71.4 Å². The SMILES string of the molecule is CCC(C)[C@H]1OC2(CC[C@@H]1C)C[C@@H]1C[C@@H](C/C=C(\C)[C@@H](OC(=O)c3ccccc3OC)[C@@H](C)/C=C/C=C3\CO[C@@H]4[C@H](O)C(C)=C[C@@H](C(=O)O1)[C@]34O)O2. The predicted molar refractivity (Wildman–Crippen MR) is 194 cm³/mol. The van der Waals surface area contributed by atoms with E-state index in [1.165, 1.54) is 7.11 Å². The van der Waals surface area contributed by atoms with Gasteiger partial charge in [0.1, 0.15) is 47.2 Å². The summed E-state index contributed by atoms with van der Waals surface area (Å²) in [6.45, 7) is 12.3. The van der Waals surface area contributed by atoms with Gasteiger partial charge in [-0.25, -0.2) is 4.79 Å². The third-order valence-electron chi connectivity index (χ3n) is 12.0. The summed E-state index contributed by atoms with van der Waals surface area (Å²) in [4.78, 5) is 27.8. The third kappa shape index (κ3) is 7.42. The standard InChI is InChI=1S/C42H56O10/c1-8-24(2)37-27(5)18-19-41(52-37)22-31-21-30(51-41)17-16-26(4)36(50-39(44)32-14-9-10-15-34(32)47-7)25(3)12-11-13-29-23-48-38-35(43)28(6)20-33(40(45)49-31)42(29,38)46/h9-16,20,24-25,27,30-31,33,35-38,43,46H,8,17-19,21-23H2,1-7H3/b12-11+,26-16+,29-13+/t24?,25-,27-,30+,31-,33-,35+,36-,37+,38+,41?,42+/m0/s1. The van der Waals surface area contributed by atoms with Crippen molar-refractivity contribution in [1.29, 1.82) is 0 Å². The Morgan fingerprint density at radius 3 is 2.63 bits per heavy atom. The van der Waals surface area contributed by atoms with Crippen LogP contribution in [-0.2, 0) is 28.5 Å². The average Bonchev–Trinajstić information content (AvgIpc) is 3.47. The quantitative estimate of drug-likeness (QED) is 0.260. The number of ether oxygens (including phenoxy) is 6. The first-order valence-corrected chi connectivity index (χ1v) is 18.9. The molecular weight excluding hydrogens is 664 g/mol. The Kier molecular flexibility index (Phi) is 11.5. The van der Waals surface area contributed by atoms with E-state index in [1.807, 2.05) is 19.9 Å². The van der Waals surface area contributed by atoms with E-state index < -0.39 is 53.7 Å². The topological polar surface area (TPSA) is 130 Å². The van der Waals surface area contributed by atoms with Crippen molar-refractivity contribution in [2.75, 3.05) is 13.7 Å². The summed E-state index contributed by atoms with van der Waals surface area (Å²) in [5.74, 6) is -2.31. The van der Waals surface area contributed by atoms with E-state index in [-0.39, 0.29) is 24.7 Å². The maximum absolute atomic E-state index is 14.2. The minimum absolute atomic E-state index is 0.00869. The highest BCUT2D eigenvalue weighted by atomic mass is 16.7. The molecule has 0 radical (unpaired) electrons. The number of allylic oxidation sites excluding steroid dienone is 2. The molecule has 2 N–H and O–H groups in total. The molecule has 3 saturated heterocycles. The highest BCUT2D eigenvalue weighted by Gasteiger charge is 2.60. The number of rotatable bonds is 5. The van der Waals surface area contributed by atoms with Gasteiger partial charge in [-0.2, -0.15) is 0 Å². The van der Waals surface area contributed by atoms with E-state index >= 15 is 0 Å². The maximum Gasteiger partial charge on any atom is 0.342 e. The van der Waals surface area contributed by atoms with E-state index in [1.54, 1.807) is 49.4 Å². The second kappa shape index (κ2) is 15.6. The van der Waals surface area contributed by atoms with Crippen molar-refractivity contribution in [3.05, 3.63) is 76.9 Å². The number of carbonyl (C=O) groups is 2. The molecule has 1 aromatic rings. The second-order valence-corrected chi connectivity index (χ2v) is 15.7. The molecule has 52 heavy (non-hydrogen) atoms. The number of para-hydroxylation sites is 1. The fourth-order valence-electron chi connectivity index (χ4n) is 8.73. The first kappa shape index (κ1) is 38.4. The Hall–Kier alpha value is -3.28. The number of methoxy groups -OCH3 is 1. The van der Waals surface area contributed by atoms with Crippen molar-refractivity contribution in [2.45, 2.75) is 128 Å². The summed E-state index contributed by atoms with van der Waals surface area (Å²) in [6, 6.07) is 6.97. The third-order valence-corrected chi connectivity index (χ3v) is 12.0. The van der Waals surface area contributed by atoms with E-state index in [9.17, 15) is 19.8 Å². The number of benzene rings is 1. The second-order valence-electron chi connectivity index (χ2n) is 15.7. The van der Waals surface area contributed by atoms with Crippen LogP contribution in [0.1, 0.15) is 90.4 Å². The van der Waals surface area contributed by atoms with Crippen LogP contribution in [0.25, 0.3) is 0 Å². The molecular formula is C42H56O10. The van der Waals surface area contributed by atoms with Crippen molar-refractivity contribution >= 4 is 11.9 Å². The Morgan fingerprint density at radius 1 is 1.12 bits per heavy atom. The smallest absolute Gasteiger partial charge is 0.342 e. The fraction of sp³-hybridized carbons (Fsp3) is 0.619. The molecule has 284 valence electrons. The van der Waals surface area contributed by atoms with Gasteiger partial charge in [-0.15, -0.1) is 0 Å². The van der Waals surface area contributed by atoms with Gasteiger partial charge in [0.15, 0.2) is 5.79 Å². The molecule has 0 aromatic heterocycles. The molecule has 0 saturated carbocycles. The molecule has 3 fully saturated rings. The molecule has 5 aliphatic rings. The molecule has 0 amide bonds. The molecule has 1 aromatic carbocycles. The lowest BCUT2D eigenvalue weighted by Gasteiger charge is -2.51. The van der Waals surface area contributed by atoms with Gasteiger partial charge in [0.25, 0.3) is 0 Å². The summed E-state index contributed by atoms with van der Waals surface area (Å²) < 4.78 is 37.8. The normalized spacial score (nSPS) is 41.3. The summed E-state index contributed by atoms with van der Waals surface area (Å²) in [6.07, 6.45) is 9.20. The monoisotopic (exact) mass is 720 g/mol. The van der Waals surface area contributed by atoms with E-state index in [0.717, 1.165) is 18.4 Å². The van der Waals surface area contributed by atoms with E-state index in [4.69, 9.17) is 28.4 Å². The van der Waals surface area contributed by atoms with Crippen LogP contribution in [-0.4, -0.2) is 83.9 Å². The Morgan fingerprint density at radius 2 is 1.88 bits per heavy atom. The number of hydrogen-bond donors (Lipinski definition) is 2. The molecule has 12 atom stereocenters. The van der Waals surface area contributed by atoms with E-state index in [2.05, 4.69) is 26.8 Å². The molecule has 2 unspecified atom stereocenters. The zero-order valence-corrected chi connectivity index (χ0v) is 31.6. The van der Waals surface area contributed by atoms with Gasteiger partial charge >= 0.3 is 11.9 Å². The zero-order chi connectivity index (χ0) is 37.4. The van der Waals surface area contributed by atoms with Gasteiger partial charge in [-0.05, 0) is 67.4 Å². The van der Waals surface area contributed by atoms with Gasteiger partial charge in [0, 0.05) is 25.2 Å². The molecule has 10 nitrogen and oxygen atoms in total. The van der Waals surface area contributed by atoms with E-state index in [0.29, 0.717) is 60.0 Å². The van der Waals surface area contributed by atoms with Crippen molar-refractivity contribution in [3.63, 3.8) is 0 Å². The lowest BCUT2D eigenvalue weighted by molar-refractivity contribution is -0.340. The summed E-state index contributed by atoms with van der Waals surface area (Å²) in [5, 5.41) is 23.4. The highest BCUT2D eigenvalue weighted by molar-refractivity contribution is 5.92. The Balaban J connectivity index is 1.40. The van der Waals surface area contributed by atoms with Gasteiger partial charge in [0.05, 0.1) is 25.9 Å². The fourth-order valence-corrected chi connectivity index (χ4v) is 8.73. The van der Waals surface area contributed by atoms with Gasteiger partial charge in [-0.1, -0.05) is 76.6 Å². The number of hydrogen-bond acceptors (Lipinski definition) is 10. The molecule has 10 heteroatoms. The molecule has 4 heterocycles. The largest absolute Gasteiger partial charge is 0.496 e. The Labute approximate surface area is 307 Å². The van der Waals surface area contributed by atoms with Crippen molar-refractivity contribution in [1.82, 2.24) is 0 Å². The number of fused-ring (bicyclic) bond motifs is 2. The van der Waals surface area contributed by atoms with Crippen LogP contribution in [0.2, 0.25) is 0 Å². The van der Waals surface area contributed by atoms with Gasteiger partial charge < -0.3 is 38.6 Å². The van der Waals surface area contributed by atoms with Crippen LogP contribution in [0.5, 0.6) is 5.75 Å². The highest BCUT2D eigenvalue weighted by Crippen LogP contribution is 2.48. The van der Waals surface area contributed by atoms with Gasteiger partial charge in [-0.3, -0.25) is 4.79 Å². The zero-order valence-electron chi connectivity index (χ0n) is 31.6. The maximum atomic E-state index is 14.2.